The Labute approximate surface area is 92.3 Å². The standard InChI is InChI=1S/C12H23NO2/c1-12(2,8-9-14)13-11(15)10-6-4-3-5-7-10/h10,14H,3-9H2,1-2H3,(H,13,15). The highest BCUT2D eigenvalue weighted by Crippen LogP contribution is 2.24. The second kappa shape index (κ2) is 5.50. The second-order valence-electron chi connectivity index (χ2n) is 5.18. The number of aliphatic hydroxyl groups excluding tert-OH is 1. The van der Waals surface area contributed by atoms with Gasteiger partial charge >= 0.3 is 0 Å². The average molecular weight is 213 g/mol. The van der Waals surface area contributed by atoms with E-state index in [1.54, 1.807) is 0 Å². The SMILES string of the molecule is CC(C)(CCO)NC(=O)C1CCCCC1. The van der Waals surface area contributed by atoms with Crippen LogP contribution in [-0.2, 0) is 4.79 Å². The molecule has 0 aromatic rings. The summed E-state index contributed by atoms with van der Waals surface area (Å²) < 4.78 is 0. The molecule has 0 radical (unpaired) electrons. The first kappa shape index (κ1) is 12.5. The van der Waals surface area contributed by atoms with Crippen molar-refractivity contribution in [2.24, 2.45) is 5.92 Å². The van der Waals surface area contributed by atoms with E-state index in [1.165, 1.54) is 19.3 Å². The maximum Gasteiger partial charge on any atom is 0.223 e. The molecule has 1 aliphatic rings. The fourth-order valence-corrected chi connectivity index (χ4v) is 2.14. The molecule has 1 aliphatic carbocycles. The van der Waals surface area contributed by atoms with Crippen LogP contribution in [0.25, 0.3) is 0 Å². The first-order chi connectivity index (χ1) is 7.05. The van der Waals surface area contributed by atoms with Gasteiger partial charge in [-0.2, -0.15) is 0 Å². The summed E-state index contributed by atoms with van der Waals surface area (Å²) in [6.45, 7) is 4.05. The molecule has 0 aromatic heterocycles. The van der Waals surface area contributed by atoms with Crippen molar-refractivity contribution in [3.8, 4) is 0 Å². The minimum Gasteiger partial charge on any atom is -0.396 e. The van der Waals surface area contributed by atoms with Crippen LogP contribution in [0.15, 0.2) is 0 Å². The van der Waals surface area contributed by atoms with E-state index in [0.717, 1.165) is 12.8 Å². The van der Waals surface area contributed by atoms with Gasteiger partial charge in [0.1, 0.15) is 0 Å². The molecule has 3 nitrogen and oxygen atoms in total. The van der Waals surface area contributed by atoms with Crippen LogP contribution in [-0.4, -0.2) is 23.2 Å². The van der Waals surface area contributed by atoms with Crippen molar-refractivity contribution in [3.05, 3.63) is 0 Å². The molecule has 0 unspecified atom stereocenters. The molecule has 0 aliphatic heterocycles. The lowest BCUT2D eigenvalue weighted by Gasteiger charge is -2.29. The van der Waals surface area contributed by atoms with Crippen LogP contribution < -0.4 is 5.32 Å². The number of carbonyl (C=O) groups is 1. The maximum absolute atomic E-state index is 11.9. The van der Waals surface area contributed by atoms with Gasteiger partial charge < -0.3 is 10.4 Å². The molecule has 15 heavy (non-hydrogen) atoms. The lowest BCUT2D eigenvalue weighted by atomic mass is 9.87. The normalized spacial score (nSPS) is 18.9. The Morgan fingerprint density at radius 2 is 1.93 bits per heavy atom. The largest absolute Gasteiger partial charge is 0.396 e. The molecule has 88 valence electrons. The first-order valence-electron chi connectivity index (χ1n) is 5.98. The Balaban J connectivity index is 2.39. The van der Waals surface area contributed by atoms with Crippen LogP contribution >= 0.6 is 0 Å². The van der Waals surface area contributed by atoms with E-state index < -0.39 is 0 Å². The molecule has 0 spiro atoms. The highest BCUT2D eigenvalue weighted by molar-refractivity contribution is 5.79. The number of aliphatic hydroxyl groups is 1. The lowest BCUT2D eigenvalue weighted by Crippen LogP contribution is -2.47. The third-order valence-electron chi connectivity index (χ3n) is 3.17. The van der Waals surface area contributed by atoms with Crippen LogP contribution in [0, 0.1) is 5.92 Å². The summed E-state index contributed by atoms with van der Waals surface area (Å²) in [4.78, 5) is 11.9. The summed E-state index contributed by atoms with van der Waals surface area (Å²) in [5, 5.41) is 11.9. The van der Waals surface area contributed by atoms with E-state index in [9.17, 15) is 4.79 Å². The smallest absolute Gasteiger partial charge is 0.223 e. The Kier molecular flexibility index (Phi) is 4.58. The topological polar surface area (TPSA) is 49.3 Å². The molecular formula is C12H23NO2. The van der Waals surface area contributed by atoms with Gasteiger partial charge in [-0.3, -0.25) is 4.79 Å². The summed E-state index contributed by atoms with van der Waals surface area (Å²) in [7, 11) is 0. The Hall–Kier alpha value is -0.570. The zero-order valence-electron chi connectivity index (χ0n) is 9.88. The molecule has 0 heterocycles. The van der Waals surface area contributed by atoms with Crippen molar-refractivity contribution < 1.29 is 9.90 Å². The van der Waals surface area contributed by atoms with Crippen LogP contribution in [0.5, 0.6) is 0 Å². The molecule has 0 atom stereocenters. The highest BCUT2D eigenvalue weighted by atomic mass is 16.3. The molecule has 0 bridgehead atoms. The predicted molar refractivity (Wildman–Crippen MR) is 60.5 cm³/mol. The summed E-state index contributed by atoms with van der Waals surface area (Å²) >= 11 is 0. The average Bonchev–Trinajstić information content (AvgIpc) is 2.18. The van der Waals surface area contributed by atoms with E-state index >= 15 is 0 Å². The number of amides is 1. The fourth-order valence-electron chi connectivity index (χ4n) is 2.14. The maximum atomic E-state index is 11.9. The molecule has 0 aromatic carbocycles. The Bertz CT molecular complexity index is 208. The van der Waals surface area contributed by atoms with Crippen LogP contribution in [0.4, 0.5) is 0 Å². The van der Waals surface area contributed by atoms with Gasteiger partial charge in [0.05, 0.1) is 0 Å². The Morgan fingerprint density at radius 3 is 2.47 bits per heavy atom. The van der Waals surface area contributed by atoms with Gasteiger partial charge in [0, 0.05) is 18.1 Å². The molecule has 3 heteroatoms. The highest BCUT2D eigenvalue weighted by Gasteiger charge is 2.26. The lowest BCUT2D eigenvalue weighted by molar-refractivity contribution is -0.127. The zero-order valence-corrected chi connectivity index (χ0v) is 9.88. The van der Waals surface area contributed by atoms with Gasteiger partial charge in [-0.15, -0.1) is 0 Å². The quantitative estimate of drug-likeness (QED) is 0.748. The predicted octanol–water partition coefficient (Wildman–Crippen LogP) is 1.84. The van der Waals surface area contributed by atoms with Crippen LogP contribution in [0.1, 0.15) is 52.4 Å². The number of carbonyl (C=O) groups excluding carboxylic acids is 1. The van der Waals surface area contributed by atoms with Gasteiger partial charge in [0.25, 0.3) is 0 Å². The van der Waals surface area contributed by atoms with Crippen molar-refractivity contribution in [2.75, 3.05) is 6.61 Å². The first-order valence-corrected chi connectivity index (χ1v) is 5.98. The van der Waals surface area contributed by atoms with Gasteiger partial charge in [-0.05, 0) is 33.1 Å². The van der Waals surface area contributed by atoms with Gasteiger partial charge in [-0.1, -0.05) is 19.3 Å². The number of nitrogens with one attached hydrogen (secondary N) is 1. The summed E-state index contributed by atoms with van der Waals surface area (Å²) in [5.74, 6) is 0.380. The van der Waals surface area contributed by atoms with E-state index in [1.807, 2.05) is 13.8 Å². The molecule has 0 saturated heterocycles. The van der Waals surface area contributed by atoms with Crippen LogP contribution in [0.2, 0.25) is 0 Å². The molecule has 1 rings (SSSR count). The van der Waals surface area contributed by atoms with Crippen molar-refractivity contribution >= 4 is 5.91 Å². The van der Waals surface area contributed by atoms with E-state index in [-0.39, 0.29) is 24.0 Å². The summed E-state index contributed by atoms with van der Waals surface area (Å²) in [6.07, 6.45) is 6.30. The van der Waals surface area contributed by atoms with Crippen molar-refractivity contribution in [3.63, 3.8) is 0 Å². The van der Waals surface area contributed by atoms with Gasteiger partial charge in [0.2, 0.25) is 5.91 Å². The van der Waals surface area contributed by atoms with Gasteiger partial charge in [-0.25, -0.2) is 0 Å². The molecule has 1 saturated carbocycles. The number of hydrogen-bond acceptors (Lipinski definition) is 2. The second-order valence-corrected chi connectivity index (χ2v) is 5.18. The van der Waals surface area contributed by atoms with Gasteiger partial charge in [0.15, 0.2) is 0 Å². The molecule has 2 N–H and O–H groups in total. The zero-order chi connectivity index (χ0) is 11.3. The monoisotopic (exact) mass is 213 g/mol. The van der Waals surface area contributed by atoms with Crippen LogP contribution in [0.3, 0.4) is 0 Å². The third kappa shape index (κ3) is 4.20. The molecule has 1 fully saturated rings. The third-order valence-corrected chi connectivity index (χ3v) is 3.17. The Morgan fingerprint density at radius 1 is 1.33 bits per heavy atom. The minimum atomic E-state index is -0.275. The fraction of sp³-hybridized carbons (Fsp3) is 0.917. The van der Waals surface area contributed by atoms with Crippen molar-refractivity contribution in [2.45, 2.75) is 57.9 Å². The minimum absolute atomic E-state index is 0.123. The summed E-state index contributed by atoms with van der Waals surface area (Å²) in [5.41, 5.74) is -0.275. The van der Waals surface area contributed by atoms with Crippen molar-refractivity contribution in [1.29, 1.82) is 0 Å². The molecular weight excluding hydrogens is 190 g/mol. The van der Waals surface area contributed by atoms with Crippen molar-refractivity contribution in [1.82, 2.24) is 5.32 Å². The van der Waals surface area contributed by atoms with E-state index in [4.69, 9.17) is 5.11 Å². The summed E-state index contributed by atoms with van der Waals surface area (Å²) in [6, 6.07) is 0. The molecule has 1 amide bonds. The van der Waals surface area contributed by atoms with E-state index in [0.29, 0.717) is 6.42 Å². The number of rotatable bonds is 4. The number of hydrogen-bond donors (Lipinski definition) is 2. The van der Waals surface area contributed by atoms with E-state index in [2.05, 4.69) is 5.32 Å².